The number of hydrogen-bond acceptors (Lipinski definition) is 3. The third-order valence-corrected chi connectivity index (χ3v) is 5.73. The van der Waals surface area contributed by atoms with Gasteiger partial charge in [-0.25, -0.2) is 0 Å². The molecule has 154 valence electrons. The predicted octanol–water partition coefficient (Wildman–Crippen LogP) is 3.82. The van der Waals surface area contributed by atoms with E-state index < -0.39 is 0 Å². The Balaban J connectivity index is 0.00000338. The summed E-state index contributed by atoms with van der Waals surface area (Å²) >= 11 is 0. The summed E-state index contributed by atoms with van der Waals surface area (Å²) in [6.07, 6.45) is 8.51. The Morgan fingerprint density at radius 1 is 1.12 bits per heavy atom. The number of guanidine groups is 1. The molecule has 0 aromatic rings. The molecule has 0 radical (unpaired) electrons. The summed E-state index contributed by atoms with van der Waals surface area (Å²) in [6.45, 7) is 9.12. The molecule has 1 saturated carbocycles. The lowest BCUT2D eigenvalue weighted by atomic mass is 9.80. The first-order valence-corrected chi connectivity index (χ1v) is 10.3. The zero-order chi connectivity index (χ0) is 17.9. The quantitative estimate of drug-likeness (QED) is 0.240. The highest BCUT2D eigenvalue weighted by molar-refractivity contribution is 14.0. The molecule has 0 amide bonds. The summed E-state index contributed by atoms with van der Waals surface area (Å²) in [6, 6.07) is 0.575. The predicted molar refractivity (Wildman–Crippen MR) is 119 cm³/mol. The van der Waals surface area contributed by atoms with E-state index in [0.717, 1.165) is 70.0 Å². The Bertz CT molecular complexity index is 379. The number of halogens is 1. The van der Waals surface area contributed by atoms with Crippen LogP contribution in [0.15, 0.2) is 4.99 Å². The Kier molecular flexibility index (Phi) is 12.9. The van der Waals surface area contributed by atoms with Crippen LogP contribution in [-0.4, -0.2) is 52.0 Å². The number of rotatable bonds is 8. The van der Waals surface area contributed by atoms with Crippen LogP contribution in [0.2, 0.25) is 0 Å². The maximum Gasteiger partial charge on any atom is 0.191 e. The van der Waals surface area contributed by atoms with Crippen LogP contribution < -0.4 is 10.6 Å². The molecule has 1 aliphatic heterocycles. The van der Waals surface area contributed by atoms with E-state index in [2.05, 4.69) is 29.5 Å². The standard InChI is InChI=1S/C20H39N3O2.HI/c1-16(2)18-5-7-19(8-6-18)23-20(21-3)22-11-4-12-25-15-17-9-13-24-14-10-17;/h16-19H,4-15H2,1-3H3,(H2,21,22,23);1H. The van der Waals surface area contributed by atoms with Crippen molar-refractivity contribution in [3.63, 3.8) is 0 Å². The van der Waals surface area contributed by atoms with E-state index in [-0.39, 0.29) is 24.0 Å². The van der Waals surface area contributed by atoms with Crippen LogP contribution >= 0.6 is 24.0 Å². The topological polar surface area (TPSA) is 54.9 Å². The molecule has 5 nitrogen and oxygen atoms in total. The van der Waals surface area contributed by atoms with Crippen molar-refractivity contribution in [2.24, 2.45) is 22.7 Å². The second-order valence-corrected chi connectivity index (χ2v) is 7.98. The molecule has 0 unspecified atom stereocenters. The molecule has 6 heteroatoms. The van der Waals surface area contributed by atoms with Crippen LogP contribution in [0, 0.1) is 17.8 Å². The molecule has 0 bridgehead atoms. The maximum absolute atomic E-state index is 5.82. The van der Waals surface area contributed by atoms with E-state index in [1.54, 1.807) is 0 Å². The van der Waals surface area contributed by atoms with E-state index in [0.29, 0.717) is 12.0 Å². The minimum Gasteiger partial charge on any atom is -0.381 e. The monoisotopic (exact) mass is 481 g/mol. The molecular weight excluding hydrogens is 441 g/mol. The zero-order valence-electron chi connectivity index (χ0n) is 17.0. The summed E-state index contributed by atoms with van der Waals surface area (Å²) in [5, 5.41) is 7.02. The average molecular weight is 481 g/mol. The van der Waals surface area contributed by atoms with E-state index in [1.165, 1.54) is 25.7 Å². The van der Waals surface area contributed by atoms with Crippen LogP contribution in [0.25, 0.3) is 0 Å². The lowest BCUT2D eigenvalue weighted by Gasteiger charge is -2.32. The lowest BCUT2D eigenvalue weighted by molar-refractivity contribution is 0.0203. The third kappa shape index (κ3) is 9.22. The normalized spacial score (nSPS) is 25.0. The molecular formula is C20H40IN3O2. The molecule has 0 atom stereocenters. The Morgan fingerprint density at radius 2 is 1.81 bits per heavy atom. The average Bonchev–Trinajstić information content (AvgIpc) is 2.64. The second-order valence-electron chi connectivity index (χ2n) is 7.98. The van der Waals surface area contributed by atoms with Gasteiger partial charge < -0.3 is 20.1 Å². The summed E-state index contributed by atoms with van der Waals surface area (Å²) in [7, 11) is 1.86. The summed E-state index contributed by atoms with van der Waals surface area (Å²) in [5.41, 5.74) is 0. The first-order chi connectivity index (χ1) is 12.2. The number of hydrogen-bond donors (Lipinski definition) is 2. The van der Waals surface area contributed by atoms with Gasteiger partial charge in [0.1, 0.15) is 0 Å². The molecule has 1 saturated heterocycles. The number of ether oxygens (including phenoxy) is 2. The first kappa shape index (κ1) is 24.0. The molecule has 2 N–H and O–H groups in total. The van der Waals surface area contributed by atoms with Crippen molar-refractivity contribution in [2.75, 3.05) is 40.0 Å². The van der Waals surface area contributed by atoms with Crippen LogP contribution in [0.5, 0.6) is 0 Å². The lowest BCUT2D eigenvalue weighted by Crippen LogP contribution is -2.45. The van der Waals surface area contributed by atoms with E-state index >= 15 is 0 Å². The van der Waals surface area contributed by atoms with Gasteiger partial charge >= 0.3 is 0 Å². The van der Waals surface area contributed by atoms with Gasteiger partial charge in [0.2, 0.25) is 0 Å². The van der Waals surface area contributed by atoms with Gasteiger partial charge in [-0.05, 0) is 62.7 Å². The molecule has 2 rings (SSSR count). The summed E-state index contributed by atoms with van der Waals surface area (Å²) in [4.78, 5) is 4.37. The van der Waals surface area contributed by atoms with Crippen molar-refractivity contribution in [1.82, 2.24) is 10.6 Å². The molecule has 0 aromatic carbocycles. The Labute approximate surface area is 177 Å². The number of nitrogens with zero attached hydrogens (tertiary/aromatic N) is 1. The van der Waals surface area contributed by atoms with Crippen LogP contribution in [0.4, 0.5) is 0 Å². The van der Waals surface area contributed by atoms with Crippen LogP contribution in [0.1, 0.15) is 58.8 Å². The summed E-state index contributed by atoms with van der Waals surface area (Å²) in [5.74, 6) is 3.36. The first-order valence-electron chi connectivity index (χ1n) is 10.3. The second kappa shape index (κ2) is 14.0. The highest BCUT2D eigenvalue weighted by atomic mass is 127. The molecule has 2 aliphatic rings. The van der Waals surface area contributed by atoms with Gasteiger partial charge in [-0.1, -0.05) is 13.8 Å². The van der Waals surface area contributed by atoms with Crippen LogP contribution in [-0.2, 0) is 9.47 Å². The smallest absolute Gasteiger partial charge is 0.191 e. The van der Waals surface area contributed by atoms with Crippen LogP contribution in [0.3, 0.4) is 0 Å². The van der Waals surface area contributed by atoms with Gasteiger partial charge in [0.05, 0.1) is 0 Å². The maximum atomic E-state index is 5.82. The van der Waals surface area contributed by atoms with Gasteiger partial charge in [0, 0.05) is 46.1 Å². The number of aliphatic imine (C=N–C) groups is 1. The van der Waals surface area contributed by atoms with Crippen molar-refractivity contribution in [3.8, 4) is 0 Å². The van der Waals surface area contributed by atoms with E-state index in [4.69, 9.17) is 9.47 Å². The molecule has 1 aliphatic carbocycles. The van der Waals surface area contributed by atoms with Crippen molar-refractivity contribution in [1.29, 1.82) is 0 Å². The Morgan fingerprint density at radius 3 is 2.42 bits per heavy atom. The van der Waals surface area contributed by atoms with E-state index in [9.17, 15) is 0 Å². The fourth-order valence-electron chi connectivity index (χ4n) is 3.86. The van der Waals surface area contributed by atoms with Gasteiger partial charge in [-0.3, -0.25) is 4.99 Å². The fourth-order valence-corrected chi connectivity index (χ4v) is 3.86. The van der Waals surface area contributed by atoms with Gasteiger partial charge in [-0.2, -0.15) is 0 Å². The summed E-state index contributed by atoms with van der Waals surface area (Å²) < 4.78 is 11.2. The third-order valence-electron chi connectivity index (χ3n) is 5.73. The van der Waals surface area contributed by atoms with Crippen molar-refractivity contribution in [3.05, 3.63) is 0 Å². The zero-order valence-corrected chi connectivity index (χ0v) is 19.3. The van der Waals surface area contributed by atoms with Crippen molar-refractivity contribution >= 4 is 29.9 Å². The molecule has 1 heterocycles. The Hall–Kier alpha value is -0.0800. The van der Waals surface area contributed by atoms with Gasteiger partial charge in [-0.15, -0.1) is 24.0 Å². The van der Waals surface area contributed by atoms with E-state index in [1.807, 2.05) is 7.05 Å². The SMILES string of the molecule is CN=C(NCCCOCC1CCOCC1)NC1CCC(C(C)C)CC1.I. The highest BCUT2D eigenvalue weighted by Crippen LogP contribution is 2.29. The number of nitrogens with one attached hydrogen (secondary N) is 2. The molecule has 26 heavy (non-hydrogen) atoms. The van der Waals surface area contributed by atoms with Gasteiger partial charge in [0.25, 0.3) is 0 Å². The largest absolute Gasteiger partial charge is 0.381 e. The highest BCUT2D eigenvalue weighted by Gasteiger charge is 2.23. The minimum atomic E-state index is 0. The molecule has 0 aromatic heterocycles. The minimum absolute atomic E-state index is 0. The fraction of sp³-hybridized carbons (Fsp3) is 0.950. The van der Waals surface area contributed by atoms with Gasteiger partial charge in [0.15, 0.2) is 5.96 Å². The van der Waals surface area contributed by atoms with Crippen molar-refractivity contribution in [2.45, 2.75) is 64.8 Å². The van der Waals surface area contributed by atoms with Crippen molar-refractivity contribution < 1.29 is 9.47 Å². The molecule has 0 spiro atoms. The molecule has 2 fully saturated rings.